The second-order valence-electron chi connectivity index (χ2n) is 7.75. The summed E-state index contributed by atoms with van der Waals surface area (Å²) in [4.78, 5) is 39.1. The van der Waals surface area contributed by atoms with Crippen LogP contribution in [0.15, 0.2) is 30.3 Å². The summed E-state index contributed by atoms with van der Waals surface area (Å²) in [5, 5.41) is 2.87. The zero-order valence-electron chi connectivity index (χ0n) is 16.4. The molecule has 2 saturated heterocycles. The number of carbonyl (C=O) groups is 3. The normalized spacial score (nSPS) is 30.3. The molecule has 2 bridgehead atoms. The number of rotatable bonds is 6. The number of hydrogen-bond acceptors (Lipinski definition) is 6. The van der Waals surface area contributed by atoms with E-state index in [1.54, 1.807) is 11.8 Å². The molecule has 3 aliphatic rings. The Bertz CT molecular complexity index is 770. The molecule has 2 aliphatic heterocycles. The van der Waals surface area contributed by atoms with Crippen molar-refractivity contribution < 1.29 is 28.6 Å². The van der Waals surface area contributed by atoms with Gasteiger partial charge in [0.15, 0.2) is 0 Å². The van der Waals surface area contributed by atoms with E-state index in [9.17, 15) is 14.4 Å². The van der Waals surface area contributed by atoms with Gasteiger partial charge in [-0.15, -0.1) is 0 Å². The molecule has 2 heterocycles. The number of ether oxygens (including phenoxy) is 3. The van der Waals surface area contributed by atoms with Crippen molar-refractivity contribution in [2.45, 2.75) is 63.6 Å². The second kappa shape index (κ2) is 8.41. The number of likely N-dealkylation sites (tertiary alicyclic amines) is 1. The zero-order chi connectivity index (χ0) is 20.4. The van der Waals surface area contributed by atoms with Gasteiger partial charge < -0.3 is 19.5 Å². The van der Waals surface area contributed by atoms with Crippen molar-refractivity contribution in [2.24, 2.45) is 5.92 Å². The summed E-state index contributed by atoms with van der Waals surface area (Å²) in [6.45, 7) is 2.33. The number of esters is 1. The van der Waals surface area contributed by atoms with Crippen LogP contribution in [0.25, 0.3) is 0 Å². The molecular weight excluding hydrogens is 376 g/mol. The van der Waals surface area contributed by atoms with Crippen molar-refractivity contribution >= 4 is 18.0 Å². The molecule has 0 aromatic heterocycles. The van der Waals surface area contributed by atoms with Crippen LogP contribution in [0.3, 0.4) is 0 Å². The highest BCUT2D eigenvalue weighted by Crippen LogP contribution is 2.43. The number of benzene rings is 1. The number of hydrogen-bond donors (Lipinski definition) is 1. The van der Waals surface area contributed by atoms with Crippen LogP contribution in [0.4, 0.5) is 4.79 Å². The highest BCUT2D eigenvalue weighted by atomic mass is 16.7. The lowest BCUT2D eigenvalue weighted by Crippen LogP contribution is -2.55. The molecule has 1 saturated carbocycles. The quantitative estimate of drug-likeness (QED) is 0.731. The fourth-order valence-electron chi connectivity index (χ4n) is 4.62. The standard InChI is InChI=1S/C21H26N2O6/c1-2-27-20-16(11-17(24)29-20)22-19(25)18-14-8-9-15(10-14)23(18)21(26)28-12-13-6-4-3-5-7-13/h3-7,14-16,18,20H,2,8-12H2,1H3,(H,22,25)/t14-,15?,16-,18-,20+/m0/s1. The van der Waals surface area contributed by atoms with Gasteiger partial charge in [-0.05, 0) is 37.7 Å². The number of nitrogens with zero attached hydrogens (tertiary/aromatic N) is 1. The van der Waals surface area contributed by atoms with Gasteiger partial charge in [-0.1, -0.05) is 30.3 Å². The monoisotopic (exact) mass is 402 g/mol. The lowest BCUT2D eigenvalue weighted by Gasteiger charge is -2.34. The van der Waals surface area contributed by atoms with Crippen LogP contribution in [-0.4, -0.2) is 53.9 Å². The number of carbonyl (C=O) groups excluding carboxylic acids is 3. The first-order valence-corrected chi connectivity index (χ1v) is 10.2. The maximum absolute atomic E-state index is 13.1. The lowest BCUT2D eigenvalue weighted by molar-refractivity contribution is -0.164. The molecule has 0 radical (unpaired) electrons. The highest BCUT2D eigenvalue weighted by molar-refractivity contribution is 5.88. The van der Waals surface area contributed by atoms with E-state index in [0.29, 0.717) is 6.61 Å². The van der Waals surface area contributed by atoms with E-state index in [0.717, 1.165) is 24.8 Å². The topological polar surface area (TPSA) is 94.2 Å². The van der Waals surface area contributed by atoms with Crippen LogP contribution in [0.5, 0.6) is 0 Å². The fraction of sp³-hybridized carbons (Fsp3) is 0.571. The second-order valence-corrected chi connectivity index (χ2v) is 7.75. The number of amides is 2. The van der Waals surface area contributed by atoms with Crippen molar-refractivity contribution in [3.8, 4) is 0 Å². The van der Waals surface area contributed by atoms with Gasteiger partial charge in [-0.25, -0.2) is 4.79 Å². The molecule has 156 valence electrons. The Balaban J connectivity index is 1.41. The molecule has 5 atom stereocenters. The van der Waals surface area contributed by atoms with Gasteiger partial charge >= 0.3 is 12.1 Å². The van der Waals surface area contributed by atoms with Gasteiger partial charge in [0.1, 0.15) is 18.7 Å². The number of fused-ring (bicyclic) bond motifs is 2. The maximum atomic E-state index is 13.1. The molecule has 1 unspecified atom stereocenters. The first-order chi connectivity index (χ1) is 14.1. The van der Waals surface area contributed by atoms with Crippen LogP contribution in [0.1, 0.15) is 38.2 Å². The van der Waals surface area contributed by atoms with E-state index in [2.05, 4.69) is 5.32 Å². The maximum Gasteiger partial charge on any atom is 0.411 e. The summed E-state index contributed by atoms with van der Waals surface area (Å²) in [7, 11) is 0. The first-order valence-electron chi connectivity index (χ1n) is 10.2. The van der Waals surface area contributed by atoms with Crippen LogP contribution < -0.4 is 5.32 Å². The van der Waals surface area contributed by atoms with Crippen molar-refractivity contribution in [1.82, 2.24) is 10.2 Å². The van der Waals surface area contributed by atoms with Crippen molar-refractivity contribution in [3.63, 3.8) is 0 Å². The number of cyclic esters (lactones) is 1. The van der Waals surface area contributed by atoms with E-state index >= 15 is 0 Å². The Kier molecular flexibility index (Phi) is 5.71. The van der Waals surface area contributed by atoms with Gasteiger partial charge in [0.05, 0.1) is 6.42 Å². The molecule has 1 aromatic rings. The van der Waals surface area contributed by atoms with Gasteiger partial charge in [-0.3, -0.25) is 14.5 Å². The third-order valence-corrected chi connectivity index (χ3v) is 5.89. The predicted molar refractivity (Wildman–Crippen MR) is 101 cm³/mol. The minimum Gasteiger partial charge on any atom is -0.445 e. The van der Waals surface area contributed by atoms with Crippen molar-refractivity contribution in [1.29, 1.82) is 0 Å². The smallest absolute Gasteiger partial charge is 0.411 e. The molecule has 3 fully saturated rings. The molecule has 0 spiro atoms. The summed E-state index contributed by atoms with van der Waals surface area (Å²) >= 11 is 0. The molecular formula is C21H26N2O6. The Labute approximate surface area is 169 Å². The molecule has 8 nitrogen and oxygen atoms in total. The molecule has 4 rings (SSSR count). The summed E-state index contributed by atoms with van der Waals surface area (Å²) in [6.07, 6.45) is 1.39. The van der Waals surface area contributed by atoms with Crippen molar-refractivity contribution in [2.75, 3.05) is 6.61 Å². The van der Waals surface area contributed by atoms with Crippen LogP contribution >= 0.6 is 0 Å². The van der Waals surface area contributed by atoms with Gasteiger partial charge in [0, 0.05) is 12.6 Å². The predicted octanol–water partition coefficient (Wildman–Crippen LogP) is 1.97. The third kappa shape index (κ3) is 4.07. The van der Waals surface area contributed by atoms with E-state index in [4.69, 9.17) is 14.2 Å². The Hall–Kier alpha value is -2.61. The van der Waals surface area contributed by atoms with Gasteiger partial charge in [0.2, 0.25) is 12.2 Å². The van der Waals surface area contributed by atoms with Gasteiger partial charge in [0.25, 0.3) is 0 Å². The Morgan fingerprint density at radius 3 is 2.79 bits per heavy atom. The first kappa shape index (κ1) is 19.7. The average Bonchev–Trinajstić information content (AvgIpc) is 3.42. The zero-order valence-corrected chi connectivity index (χ0v) is 16.4. The molecule has 1 N–H and O–H groups in total. The molecule has 1 aliphatic carbocycles. The molecule has 8 heteroatoms. The van der Waals surface area contributed by atoms with E-state index in [-0.39, 0.29) is 30.9 Å². The van der Waals surface area contributed by atoms with Crippen LogP contribution in [0.2, 0.25) is 0 Å². The minimum absolute atomic E-state index is 0.0168. The molecule has 29 heavy (non-hydrogen) atoms. The van der Waals surface area contributed by atoms with Crippen LogP contribution in [-0.2, 0) is 30.4 Å². The summed E-state index contributed by atoms with van der Waals surface area (Å²) in [5.41, 5.74) is 0.896. The molecule has 2 amide bonds. The SMILES string of the molecule is CCO[C@@H]1OC(=O)C[C@@H]1NC(=O)[C@@H]1[C@H]2CCC(C2)N1C(=O)OCc1ccccc1. The Morgan fingerprint density at radius 1 is 1.24 bits per heavy atom. The average molecular weight is 402 g/mol. The van der Waals surface area contributed by atoms with E-state index in [1.165, 1.54) is 0 Å². The highest BCUT2D eigenvalue weighted by Gasteiger charge is 2.53. The summed E-state index contributed by atoms with van der Waals surface area (Å²) in [6, 6.07) is 8.33. The van der Waals surface area contributed by atoms with Crippen LogP contribution in [0, 0.1) is 5.92 Å². The molecule has 1 aromatic carbocycles. The third-order valence-electron chi connectivity index (χ3n) is 5.89. The lowest BCUT2D eigenvalue weighted by atomic mass is 9.97. The van der Waals surface area contributed by atoms with Crippen molar-refractivity contribution in [3.05, 3.63) is 35.9 Å². The number of nitrogens with one attached hydrogen (secondary N) is 1. The summed E-state index contributed by atoms with van der Waals surface area (Å²) < 4.78 is 16.0. The minimum atomic E-state index is -0.784. The van der Waals surface area contributed by atoms with E-state index < -0.39 is 30.4 Å². The van der Waals surface area contributed by atoms with Gasteiger partial charge in [-0.2, -0.15) is 0 Å². The number of piperidine rings is 1. The van der Waals surface area contributed by atoms with E-state index in [1.807, 2.05) is 30.3 Å². The summed E-state index contributed by atoms with van der Waals surface area (Å²) in [5.74, 6) is -0.574. The Morgan fingerprint density at radius 2 is 2.03 bits per heavy atom. The largest absolute Gasteiger partial charge is 0.445 e. The fourth-order valence-corrected chi connectivity index (χ4v) is 4.62.